The molecule has 1 aromatic carbocycles. The molecular weight excluding hydrogens is 344 g/mol. The van der Waals surface area contributed by atoms with Crippen LogP contribution in [0.5, 0.6) is 0 Å². The first kappa shape index (κ1) is 16.8. The van der Waals surface area contributed by atoms with Crippen molar-refractivity contribution in [1.29, 1.82) is 0 Å². The minimum absolute atomic E-state index is 0.0809. The highest BCUT2D eigenvalue weighted by Crippen LogP contribution is 2.66. The van der Waals surface area contributed by atoms with Gasteiger partial charge in [0.2, 0.25) is 6.41 Å². The fourth-order valence-corrected chi connectivity index (χ4v) is 6.36. The topological polar surface area (TPSA) is 67.9 Å². The number of carbonyl (C=O) groups excluding carboxylic acids is 2. The molecule has 5 atom stereocenters. The number of carbonyl (C=O) groups is 2. The third-order valence-corrected chi connectivity index (χ3v) is 7.29. The predicted molar refractivity (Wildman–Crippen MR) is 99.0 cm³/mol. The fourth-order valence-electron chi connectivity index (χ4n) is 6.36. The van der Waals surface area contributed by atoms with Crippen LogP contribution in [0.3, 0.4) is 0 Å². The zero-order valence-electron chi connectivity index (χ0n) is 15.6. The summed E-state index contributed by atoms with van der Waals surface area (Å²) in [5, 5.41) is 3.63. The van der Waals surface area contributed by atoms with Crippen LogP contribution in [0.25, 0.3) is 0 Å². The summed E-state index contributed by atoms with van der Waals surface area (Å²) < 4.78 is 11.7. The lowest BCUT2D eigenvalue weighted by Gasteiger charge is -2.54. The summed E-state index contributed by atoms with van der Waals surface area (Å²) in [4.78, 5) is 26.8. The molecule has 1 unspecified atom stereocenters. The highest BCUT2D eigenvalue weighted by Gasteiger charge is 2.76. The van der Waals surface area contributed by atoms with E-state index in [0.29, 0.717) is 19.6 Å². The van der Waals surface area contributed by atoms with E-state index in [9.17, 15) is 9.59 Å². The van der Waals surface area contributed by atoms with Crippen LogP contribution in [-0.2, 0) is 24.5 Å². The Morgan fingerprint density at radius 3 is 2.96 bits per heavy atom. The van der Waals surface area contributed by atoms with Crippen LogP contribution < -0.4 is 5.32 Å². The highest BCUT2D eigenvalue weighted by atomic mass is 16.5. The number of methoxy groups -OCH3 is 1. The molecule has 1 aliphatic carbocycles. The first-order valence-corrected chi connectivity index (χ1v) is 9.58. The first-order valence-electron chi connectivity index (χ1n) is 9.58. The second-order valence-electron chi connectivity index (χ2n) is 7.98. The van der Waals surface area contributed by atoms with Crippen LogP contribution in [0.15, 0.2) is 35.9 Å². The molecule has 3 heterocycles. The standard InChI is InChI=1S/C21H24N2O4/c1-3-13-11-23(12-24)18-14(13)10-16(19(25)26-2)20-8-9-27-21(18,20)22-17-7-5-4-6-15(17)20/h3-7,12,14,16,18,22H,8-11H2,1-2H3/b13-3-/t14?,16-,18-,20-,21-/m1/s1. The molecule has 1 amide bonds. The Morgan fingerprint density at radius 1 is 1.41 bits per heavy atom. The van der Waals surface area contributed by atoms with E-state index >= 15 is 0 Å². The summed E-state index contributed by atoms with van der Waals surface area (Å²) in [6.45, 7) is 3.14. The van der Waals surface area contributed by atoms with E-state index in [4.69, 9.17) is 9.47 Å². The molecular formula is C21H24N2O4. The monoisotopic (exact) mass is 368 g/mol. The summed E-state index contributed by atoms with van der Waals surface area (Å²) >= 11 is 0. The van der Waals surface area contributed by atoms with Gasteiger partial charge < -0.3 is 19.7 Å². The SMILES string of the molecule is C/C=C1/CN(C=O)[C@@H]2C1C[C@H](C(=O)OC)[C@]13CCO[C@]21Nc1ccccc13. The third kappa shape index (κ3) is 1.79. The van der Waals surface area contributed by atoms with Crippen LogP contribution in [-0.4, -0.2) is 49.3 Å². The third-order valence-electron chi connectivity index (χ3n) is 7.29. The molecule has 3 aliphatic heterocycles. The Kier molecular flexibility index (Phi) is 3.47. The van der Waals surface area contributed by atoms with Crippen LogP contribution in [0.1, 0.15) is 25.3 Å². The molecule has 1 N–H and O–H groups in total. The predicted octanol–water partition coefficient (Wildman–Crippen LogP) is 2.06. The molecule has 0 radical (unpaired) electrons. The van der Waals surface area contributed by atoms with Crippen molar-refractivity contribution in [3.05, 3.63) is 41.5 Å². The number of fused-ring (bicyclic) bond motifs is 2. The van der Waals surface area contributed by atoms with Crippen LogP contribution in [0.2, 0.25) is 0 Å². The van der Waals surface area contributed by atoms with Gasteiger partial charge >= 0.3 is 5.97 Å². The Bertz CT molecular complexity index is 852. The summed E-state index contributed by atoms with van der Waals surface area (Å²) in [6, 6.07) is 7.98. The number of hydrogen-bond donors (Lipinski definition) is 1. The van der Waals surface area contributed by atoms with E-state index in [0.717, 1.165) is 24.1 Å². The van der Waals surface area contributed by atoms with Crippen molar-refractivity contribution in [3.63, 3.8) is 0 Å². The van der Waals surface area contributed by atoms with Crippen molar-refractivity contribution in [1.82, 2.24) is 4.90 Å². The Balaban J connectivity index is 1.77. The molecule has 3 fully saturated rings. The number of esters is 1. The van der Waals surface area contributed by atoms with Gasteiger partial charge in [-0.15, -0.1) is 0 Å². The van der Waals surface area contributed by atoms with E-state index in [1.165, 1.54) is 12.7 Å². The second kappa shape index (κ2) is 5.58. The number of hydrogen-bond acceptors (Lipinski definition) is 5. The summed E-state index contributed by atoms with van der Waals surface area (Å²) in [5.74, 6) is -0.428. The van der Waals surface area contributed by atoms with E-state index in [1.807, 2.05) is 30.0 Å². The fraction of sp³-hybridized carbons (Fsp3) is 0.524. The van der Waals surface area contributed by atoms with Gasteiger partial charge in [-0.3, -0.25) is 9.59 Å². The van der Waals surface area contributed by atoms with E-state index < -0.39 is 11.1 Å². The molecule has 142 valence electrons. The van der Waals surface area contributed by atoms with Crippen molar-refractivity contribution >= 4 is 18.1 Å². The lowest BCUT2D eigenvalue weighted by atomic mass is 9.54. The van der Waals surface area contributed by atoms with Gasteiger partial charge in [-0.25, -0.2) is 0 Å². The zero-order valence-corrected chi connectivity index (χ0v) is 15.6. The number of rotatable bonds is 2. The van der Waals surface area contributed by atoms with Crippen LogP contribution in [0.4, 0.5) is 5.69 Å². The average molecular weight is 368 g/mol. The lowest BCUT2D eigenvalue weighted by molar-refractivity contribution is -0.163. The number of amides is 1. The number of ether oxygens (including phenoxy) is 2. The number of nitrogens with one attached hydrogen (secondary N) is 1. The molecule has 1 aromatic rings. The molecule has 0 bridgehead atoms. The molecule has 0 spiro atoms. The Hall–Kier alpha value is -2.34. The zero-order chi connectivity index (χ0) is 18.8. The molecule has 6 heteroatoms. The maximum atomic E-state index is 13.0. The van der Waals surface area contributed by atoms with E-state index in [2.05, 4.69) is 17.5 Å². The molecule has 4 aliphatic rings. The number of benzene rings is 1. The maximum absolute atomic E-state index is 13.0. The quantitative estimate of drug-likeness (QED) is 0.492. The minimum atomic E-state index is -0.801. The summed E-state index contributed by atoms with van der Waals surface area (Å²) in [6.07, 6.45) is 4.41. The minimum Gasteiger partial charge on any atom is -0.469 e. The van der Waals surface area contributed by atoms with Gasteiger partial charge in [-0.2, -0.15) is 0 Å². The molecule has 0 aromatic heterocycles. The van der Waals surface area contributed by atoms with Crippen molar-refractivity contribution in [3.8, 4) is 0 Å². The van der Waals surface area contributed by atoms with E-state index in [1.54, 1.807) is 0 Å². The molecule has 2 saturated heterocycles. The largest absolute Gasteiger partial charge is 0.469 e. The van der Waals surface area contributed by atoms with Crippen molar-refractivity contribution in [2.24, 2.45) is 11.8 Å². The van der Waals surface area contributed by atoms with Crippen molar-refractivity contribution in [2.45, 2.75) is 36.9 Å². The Morgan fingerprint density at radius 2 is 2.22 bits per heavy atom. The number of para-hydroxylation sites is 1. The van der Waals surface area contributed by atoms with Crippen molar-refractivity contribution in [2.75, 3.05) is 25.6 Å². The number of nitrogens with zero attached hydrogens (tertiary/aromatic N) is 1. The molecule has 6 nitrogen and oxygen atoms in total. The number of allylic oxidation sites excluding steroid dienone is 1. The van der Waals surface area contributed by atoms with Crippen molar-refractivity contribution < 1.29 is 19.1 Å². The van der Waals surface area contributed by atoms with E-state index in [-0.39, 0.29) is 23.8 Å². The number of anilines is 1. The molecule has 27 heavy (non-hydrogen) atoms. The van der Waals surface area contributed by atoms with Gasteiger partial charge in [0.05, 0.1) is 31.1 Å². The highest BCUT2D eigenvalue weighted by molar-refractivity contribution is 5.80. The summed E-state index contributed by atoms with van der Waals surface area (Å²) in [5.41, 5.74) is 1.96. The lowest BCUT2D eigenvalue weighted by Crippen LogP contribution is -2.69. The van der Waals surface area contributed by atoms with Gasteiger partial charge in [-0.1, -0.05) is 24.3 Å². The smallest absolute Gasteiger partial charge is 0.309 e. The summed E-state index contributed by atoms with van der Waals surface area (Å²) in [7, 11) is 1.46. The second-order valence-corrected chi connectivity index (χ2v) is 7.98. The first-order chi connectivity index (χ1) is 13.1. The van der Waals surface area contributed by atoms with Gasteiger partial charge in [0.25, 0.3) is 0 Å². The van der Waals surface area contributed by atoms with Crippen LogP contribution >= 0.6 is 0 Å². The number of likely N-dealkylation sites (tertiary alicyclic amines) is 1. The maximum Gasteiger partial charge on any atom is 0.309 e. The van der Waals surface area contributed by atoms with Gasteiger partial charge in [0, 0.05) is 18.2 Å². The molecule has 1 saturated carbocycles. The molecule has 5 rings (SSSR count). The Labute approximate surface area is 158 Å². The van der Waals surface area contributed by atoms with Gasteiger partial charge in [0.15, 0.2) is 5.72 Å². The normalized spacial score (nSPS) is 40.0. The van der Waals surface area contributed by atoms with Gasteiger partial charge in [-0.05, 0) is 37.0 Å². The average Bonchev–Trinajstić information content (AvgIpc) is 3.33. The van der Waals surface area contributed by atoms with Crippen LogP contribution in [0, 0.1) is 11.8 Å². The van der Waals surface area contributed by atoms with Gasteiger partial charge in [0.1, 0.15) is 0 Å².